The first kappa shape index (κ1) is 14.6. The van der Waals surface area contributed by atoms with E-state index in [2.05, 4.69) is 42.5 Å². The summed E-state index contributed by atoms with van der Waals surface area (Å²) in [7, 11) is 0. The van der Waals surface area contributed by atoms with Crippen molar-refractivity contribution in [2.45, 2.75) is 12.3 Å². The molecule has 1 heterocycles. The Balaban J connectivity index is 1.83. The summed E-state index contributed by atoms with van der Waals surface area (Å²) >= 11 is 0. The number of ether oxygens (including phenoxy) is 1. The summed E-state index contributed by atoms with van der Waals surface area (Å²) in [5, 5.41) is 0. The molecule has 4 N–H and O–H groups in total. The van der Waals surface area contributed by atoms with E-state index in [1.807, 2.05) is 24.3 Å². The fourth-order valence-corrected chi connectivity index (χ4v) is 3.34. The van der Waals surface area contributed by atoms with Gasteiger partial charge in [0.05, 0.1) is 6.61 Å². The third-order valence-electron chi connectivity index (χ3n) is 4.59. The summed E-state index contributed by atoms with van der Waals surface area (Å²) < 4.78 is 5.64. The van der Waals surface area contributed by atoms with Crippen LogP contribution in [-0.2, 0) is 6.42 Å². The van der Waals surface area contributed by atoms with E-state index >= 15 is 0 Å². The molecule has 0 spiro atoms. The zero-order valence-corrected chi connectivity index (χ0v) is 13.4. The lowest BCUT2D eigenvalue weighted by Crippen LogP contribution is -2.04. The van der Waals surface area contributed by atoms with Gasteiger partial charge in [0.25, 0.3) is 0 Å². The van der Waals surface area contributed by atoms with Crippen LogP contribution in [-0.4, -0.2) is 6.61 Å². The standard InChI is InChI=1S/C21H20N2O/c22-18-6-1-14(2-7-18)21(15-3-8-19(23)9-4-15)17-5-10-20-16(13-17)11-12-24-20/h1-10,13,21H,11-12,22-23H2. The van der Waals surface area contributed by atoms with Gasteiger partial charge >= 0.3 is 0 Å². The zero-order chi connectivity index (χ0) is 16.5. The van der Waals surface area contributed by atoms with Crippen LogP contribution in [0.15, 0.2) is 66.7 Å². The molecule has 0 saturated carbocycles. The van der Waals surface area contributed by atoms with Gasteiger partial charge in [0.1, 0.15) is 5.75 Å². The fraction of sp³-hybridized carbons (Fsp3) is 0.143. The Morgan fingerprint density at radius 2 is 1.25 bits per heavy atom. The Kier molecular flexibility index (Phi) is 3.62. The molecule has 0 amide bonds. The summed E-state index contributed by atoms with van der Waals surface area (Å²) in [5.41, 5.74) is 18.3. The Bertz CT molecular complexity index is 809. The molecule has 0 aromatic heterocycles. The van der Waals surface area contributed by atoms with Crippen LogP contribution in [0.5, 0.6) is 5.75 Å². The predicted molar refractivity (Wildman–Crippen MR) is 98.3 cm³/mol. The Morgan fingerprint density at radius 1 is 0.708 bits per heavy atom. The number of nitrogens with two attached hydrogens (primary N) is 2. The van der Waals surface area contributed by atoms with Crippen molar-refractivity contribution >= 4 is 11.4 Å². The molecular weight excluding hydrogens is 296 g/mol. The van der Waals surface area contributed by atoms with E-state index in [1.165, 1.54) is 22.3 Å². The number of fused-ring (bicyclic) bond motifs is 1. The van der Waals surface area contributed by atoms with Gasteiger partial charge in [-0.2, -0.15) is 0 Å². The van der Waals surface area contributed by atoms with Gasteiger partial charge in [-0.3, -0.25) is 0 Å². The highest BCUT2D eigenvalue weighted by molar-refractivity contribution is 5.52. The lowest BCUT2D eigenvalue weighted by Gasteiger charge is -2.20. The zero-order valence-electron chi connectivity index (χ0n) is 13.4. The van der Waals surface area contributed by atoms with Crippen molar-refractivity contribution in [1.29, 1.82) is 0 Å². The van der Waals surface area contributed by atoms with Gasteiger partial charge in [-0.25, -0.2) is 0 Å². The second-order valence-electron chi connectivity index (χ2n) is 6.23. The minimum atomic E-state index is 0.150. The summed E-state index contributed by atoms with van der Waals surface area (Å²) in [6, 6.07) is 22.7. The smallest absolute Gasteiger partial charge is 0.122 e. The van der Waals surface area contributed by atoms with E-state index in [1.54, 1.807) is 0 Å². The van der Waals surface area contributed by atoms with E-state index in [-0.39, 0.29) is 5.92 Å². The second kappa shape index (κ2) is 5.93. The van der Waals surface area contributed by atoms with Crippen molar-refractivity contribution in [2.24, 2.45) is 0 Å². The first-order chi connectivity index (χ1) is 11.7. The van der Waals surface area contributed by atoms with Crippen LogP contribution in [0.3, 0.4) is 0 Å². The molecule has 1 aliphatic heterocycles. The maximum Gasteiger partial charge on any atom is 0.122 e. The summed E-state index contributed by atoms with van der Waals surface area (Å²) in [5.74, 6) is 1.16. The highest BCUT2D eigenvalue weighted by Crippen LogP contribution is 2.36. The molecule has 0 aliphatic carbocycles. The number of hydrogen-bond acceptors (Lipinski definition) is 3. The topological polar surface area (TPSA) is 61.3 Å². The van der Waals surface area contributed by atoms with Gasteiger partial charge in [0.15, 0.2) is 0 Å². The molecule has 120 valence electrons. The van der Waals surface area contributed by atoms with Crippen molar-refractivity contribution in [2.75, 3.05) is 18.1 Å². The molecule has 0 radical (unpaired) electrons. The molecule has 3 nitrogen and oxygen atoms in total. The highest BCUT2D eigenvalue weighted by Gasteiger charge is 2.20. The lowest BCUT2D eigenvalue weighted by atomic mass is 9.84. The molecule has 0 bridgehead atoms. The third kappa shape index (κ3) is 2.69. The average Bonchev–Trinajstić information content (AvgIpc) is 3.06. The third-order valence-corrected chi connectivity index (χ3v) is 4.59. The Labute approximate surface area is 141 Å². The van der Waals surface area contributed by atoms with Crippen LogP contribution in [0.4, 0.5) is 11.4 Å². The lowest BCUT2D eigenvalue weighted by molar-refractivity contribution is 0.357. The summed E-state index contributed by atoms with van der Waals surface area (Å²) in [6.45, 7) is 0.771. The number of hydrogen-bond donors (Lipinski definition) is 2. The fourth-order valence-electron chi connectivity index (χ4n) is 3.34. The van der Waals surface area contributed by atoms with Gasteiger partial charge < -0.3 is 16.2 Å². The average molecular weight is 316 g/mol. The first-order valence-electron chi connectivity index (χ1n) is 8.17. The van der Waals surface area contributed by atoms with Crippen molar-refractivity contribution in [3.8, 4) is 5.75 Å². The van der Waals surface area contributed by atoms with Gasteiger partial charge in [0, 0.05) is 23.7 Å². The van der Waals surface area contributed by atoms with Crippen LogP contribution in [0.2, 0.25) is 0 Å². The van der Waals surface area contributed by atoms with Crippen LogP contribution in [0.25, 0.3) is 0 Å². The second-order valence-corrected chi connectivity index (χ2v) is 6.23. The summed E-state index contributed by atoms with van der Waals surface area (Å²) in [6.07, 6.45) is 0.972. The predicted octanol–water partition coefficient (Wildman–Crippen LogP) is 3.97. The van der Waals surface area contributed by atoms with E-state index in [4.69, 9.17) is 16.2 Å². The molecule has 0 fully saturated rings. The molecule has 3 aromatic carbocycles. The molecular formula is C21H20N2O. The molecule has 1 aliphatic rings. The molecule has 3 aromatic rings. The normalized spacial score (nSPS) is 12.9. The van der Waals surface area contributed by atoms with E-state index in [9.17, 15) is 0 Å². The van der Waals surface area contributed by atoms with E-state index < -0.39 is 0 Å². The first-order valence-corrected chi connectivity index (χ1v) is 8.17. The van der Waals surface area contributed by atoms with Gasteiger partial charge in [-0.1, -0.05) is 36.4 Å². The van der Waals surface area contributed by atoms with Gasteiger partial charge in [-0.15, -0.1) is 0 Å². The number of anilines is 2. The van der Waals surface area contributed by atoms with Gasteiger partial charge in [0.2, 0.25) is 0 Å². The monoisotopic (exact) mass is 316 g/mol. The molecule has 0 saturated heterocycles. The minimum Gasteiger partial charge on any atom is -0.493 e. The maximum atomic E-state index is 5.86. The van der Waals surface area contributed by atoms with Crippen molar-refractivity contribution in [1.82, 2.24) is 0 Å². The van der Waals surface area contributed by atoms with E-state index in [0.29, 0.717) is 0 Å². The van der Waals surface area contributed by atoms with Gasteiger partial charge in [-0.05, 0) is 52.6 Å². The summed E-state index contributed by atoms with van der Waals surface area (Å²) in [4.78, 5) is 0. The van der Waals surface area contributed by atoms with Crippen molar-refractivity contribution in [3.63, 3.8) is 0 Å². The Hall–Kier alpha value is -2.94. The van der Waals surface area contributed by atoms with Crippen LogP contribution in [0.1, 0.15) is 28.2 Å². The number of benzene rings is 3. The molecule has 3 heteroatoms. The van der Waals surface area contributed by atoms with Crippen LogP contribution in [0, 0.1) is 0 Å². The molecule has 0 atom stereocenters. The number of nitrogen functional groups attached to an aromatic ring is 2. The van der Waals surface area contributed by atoms with Crippen LogP contribution >= 0.6 is 0 Å². The maximum absolute atomic E-state index is 5.86. The number of rotatable bonds is 3. The molecule has 4 rings (SSSR count). The highest BCUT2D eigenvalue weighted by atomic mass is 16.5. The van der Waals surface area contributed by atoms with Crippen molar-refractivity contribution < 1.29 is 4.74 Å². The van der Waals surface area contributed by atoms with Crippen molar-refractivity contribution in [3.05, 3.63) is 89.0 Å². The SMILES string of the molecule is Nc1ccc(C(c2ccc(N)cc2)c2ccc3c(c2)CCO3)cc1. The molecule has 0 unspecified atom stereocenters. The van der Waals surface area contributed by atoms with E-state index in [0.717, 1.165) is 30.2 Å². The molecule has 24 heavy (non-hydrogen) atoms. The quantitative estimate of drug-likeness (QED) is 0.568. The van der Waals surface area contributed by atoms with Crippen LogP contribution < -0.4 is 16.2 Å². The largest absolute Gasteiger partial charge is 0.493 e. The minimum absolute atomic E-state index is 0.150. The Morgan fingerprint density at radius 3 is 1.83 bits per heavy atom.